The van der Waals surface area contributed by atoms with Crippen LogP contribution in [-0.4, -0.2) is 57.8 Å². The fourth-order valence-corrected chi connectivity index (χ4v) is 10.5. The molecule has 2 saturated carbocycles. The summed E-state index contributed by atoms with van der Waals surface area (Å²) in [7, 11) is 4.05. The SMILES string of the molecule is CCCCN(C)CCCCCCCOc1ccc([C@H]2C[C@@]3(C)[C@@H](CC[C@@H]3OC3CCCCO3)[C@]3(C)CCc4cc(OC)ccc4[C@@H]23)cc1. The van der Waals surface area contributed by atoms with Crippen molar-refractivity contribution in [1.29, 1.82) is 0 Å². The van der Waals surface area contributed by atoms with Crippen molar-refractivity contribution in [3.8, 4) is 11.5 Å². The zero-order valence-corrected chi connectivity index (χ0v) is 30.9. The van der Waals surface area contributed by atoms with Crippen LogP contribution in [0, 0.1) is 16.7 Å². The number of fused-ring (bicyclic) bond motifs is 5. The molecule has 1 unspecified atom stereocenters. The number of benzene rings is 2. The molecule has 2 aromatic carbocycles. The van der Waals surface area contributed by atoms with Gasteiger partial charge in [-0.2, -0.15) is 0 Å². The van der Waals surface area contributed by atoms with Gasteiger partial charge in [0.2, 0.25) is 0 Å². The molecule has 1 heterocycles. The Morgan fingerprint density at radius 3 is 2.40 bits per heavy atom. The second-order valence-electron chi connectivity index (χ2n) is 16.3. The lowest BCUT2D eigenvalue weighted by molar-refractivity contribution is -0.217. The molecule has 0 radical (unpaired) electrons. The lowest BCUT2D eigenvalue weighted by Crippen LogP contribution is -2.53. The summed E-state index contributed by atoms with van der Waals surface area (Å²) >= 11 is 0. The minimum atomic E-state index is -0.0310. The highest BCUT2D eigenvalue weighted by Crippen LogP contribution is 2.71. The second-order valence-corrected chi connectivity index (χ2v) is 16.3. The summed E-state index contributed by atoms with van der Waals surface area (Å²) in [6.45, 7) is 11.6. The zero-order valence-electron chi connectivity index (χ0n) is 30.9. The van der Waals surface area contributed by atoms with E-state index < -0.39 is 0 Å². The molecule has 266 valence electrons. The van der Waals surface area contributed by atoms with Gasteiger partial charge in [-0.25, -0.2) is 0 Å². The number of nitrogens with zero attached hydrogens (tertiary/aromatic N) is 1. The Balaban J connectivity index is 1.13. The minimum Gasteiger partial charge on any atom is -0.497 e. The van der Waals surface area contributed by atoms with E-state index in [2.05, 4.69) is 75.2 Å². The van der Waals surface area contributed by atoms with E-state index in [1.54, 1.807) is 12.7 Å². The third kappa shape index (κ3) is 7.79. The first kappa shape index (κ1) is 35.7. The molecule has 2 aromatic rings. The molecule has 0 N–H and O–H groups in total. The van der Waals surface area contributed by atoms with Crippen LogP contribution in [0.1, 0.15) is 139 Å². The summed E-state index contributed by atoms with van der Waals surface area (Å²) < 4.78 is 25.0. The van der Waals surface area contributed by atoms with Gasteiger partial charge in [0, 0.05) is 6.61 Å². The number of hydrogen-bond acceptors (Lipinski definition) is 5. The Labute approximate surface area is 292 Å². The molecule has 5 heteroatoms. The number of rotatable bonds is 16. The standard InChI is InChI=1S/C43H65NO4/c1-6-7-26-44(4)27-12-9-8-10-13-28-46-34-18-16-32(17-19-34)37-31-43(3)38(22-23-39(43)48-40-15-11-14-29-47-40)42(2)25-24-33-30-35(45-5)20-21-36(33)41(37)42/h16-21,30,37-41H,6-15,22-29,31H2,1-5H3/t37-,38+,39+,40?,41+,42+,43+/m1/s1. The van der Waals surface area contributed by atoms with Crippen LogP contribution in [0.15, 0.2) is 42.5 Å². The van der Waals surface area contributed by atoms with Crippen LogP contribution >= 0.6 is 0 Å². The number of methoxy groups -OCH3 is 1. The van der Waals surface area contributed by atoms with E-state index in [0.29, 0.717) is 17.8 Å². The highest BCUT2D eigenvalue weighted by molar-refractivity contribution is 5.45. The van der Waals surface area contributed by atoms with Gasteiger partial charge in [0.15, 0.2) is 6.29 Å². The van der Waals surface area contributed by atoms with E-state index in [1.807, 2.05) is 0 Å². The van der Waals surface area contributed by atoms with Crippen molar-refractivity contribution in [2.24, 2.45) is 16.7 Å². The second kappa shape index (κ2) is 16.3. The van der Waals surface area contributed by atoms with Gasteiger partial charge in [-0.05, 0) is 160 Å². The summed E-state index contributed by atoms with van der Waals surface area (Å²) in [4.78, 5) is 2.49. The molecular weight excluding hydrogens is 594 g/mol. The maximum absolute atomic E-state index is 6.90. The molecule has 1 saturated heterocycles. The van der Waals surface area contributed by atoms with Gasteiger partial charge in [0.1, 0.15) is 11.5 Å². The Kier molecular flexibility index (Phi) is 12.1. The number of hydrogen-bond donors (Lipinski definition) is 0. The average Bonchev–Trinajstić information content (AvgIpc) is 3.44. The molecule has 0 amide bonds. The molecule has 0 bridgehead atoms. The van der Waals surface area contributed by atoms with E-state index in [-0.39, 0.29) is 23.2 Å². The van der Waals surface area contributed by atoms with Crippen molar-refractivity contribution < 1.29 is 18.9 Å². The van der Waals surface area contributed by atoms with Gasteiger partial charge in [-0.15, -0.1) is 0 Å². The smallest absolute Gasteiger partial charge is 0.157 e. The van der Waals surface area contributed by atoms with Crippen LogP contribution in [0.5, 0.6) is 11.5 Å². The Hall–Kier alpha value is -2.08. The van der Waals surface area contributed by atoms with Crippen molar-refractivity contribution in [2.45, 2.75) is 141 Å². The zero-order chi connectivity index (χ0) is 33.6. The van der Waals surface area contributed by atoms with Crippen LogP contribution in [0.25, 0.3) is 0 Å². The first-order chi connectivity index (χ1) is 23.4. The predicted octanol–water partition coefficient (Wildman–Crippen LogP) is 10.3. The molecular formula is C43H65NO4. The molecule has 0 aromatic heterocycles. The molecule has 7 atom stereocenters. The summed E-state index contributed by atoms with van der Waals surface area (Å²) in [5.74, 6) is 3.53. The number of ether oxygens (including phenoxy) is 4. The van der Waals surface area contributed by atoms with E-state index in [9.17, 15) is 0 Å². The highest BCUT2D eigenvalue weighted by atomic mass is 16.7. The van der Waals surface area contributed by atoms with Gasteiger partial charge in [0.25, 0.3) is 0 Å². The third-order valence-corrected chi connectivity index (χ3v) is 13.0. The normalized spacial score (nSPS) is 31.2. The molecule has 3 aliphatic carbocycles. The summed E-state index contributed by atoms with van der Waals surface area (Å²) in [6.07, 6.45) is 18.4. The monoisotopic (exact) mass is 659 g/mol. The first-order valence-electron chi connectivity index (χ1n) is 19.7. The van der Waals surface area contributed by atoms with Crippen LogP contribution < -0.4 is 9.47 Å². The van der Waals surface area contributed by atoms with Gasteiger partial charge in [-0.3, -0.25) is 0 Å². The lowest BCUT2D eigenvalue weighted by atomic mass is 9.44. The Morgan fingerprint density at radius 2 is 1.62 bits per heavy atom. The van der Waals surface area contributed by atoms with Crippen LogP contribution in [0.3, 0.4) is 0 Å². The summed E-state index contributed by atoms with van der Waals surface area (Å²) in [5, 5.41) is 0. The number of unbranched alkanes of at least 4 members (excludes halogenated alkanes) is 5. The van der Waals surface area contributed by atoms with Gasteiger partial charge < -0.3 is 23.8 Å². The van der Waals surface area contributed by atoms with Crippen molar-refractivity contribution in [3.63, 3.8) is 0 Å². The maximum Gasteiger partial charge on any atom is 0.157 e. The van der Waals surface area contributed by atoms with E-state index >= 15 is 0 Å². The number of aryl methyl sites for hydroxylation is 1. The lowest BCUT2D eigenvalue weighted by Gasteiger charge is -2.60. The molecule has 4 aliphatic rings. The van der Waals surface area contributed by atoms with Crippen molar-refractivity contribution >= 4 is 0 Å². The fraction of sp³-hybridized carbons (Fsp3) is 0.721. The molecule has 6 rings (SSSR count). The minimum absolute atomic E-state index is 0.0310. The quantitative estimate of drug-likeness (QED) is 0.168. The van der Waals surface area contributed by atoms with Crippen LogP contribution in [0.4, 0.5) is 0 Å². The van der Waals surface area contributed by atoms with Crippen molar-refractivity contribution in [2.75, 3.05) is 40.5 Å². The van der Waals surface area contributed by atoms with E-state index in [1.165, 1.54) is 82.0 Å². The average molecular weight is 660 g/mol. The molecule has 48 heavy (non-hydrogen) atoms. The molecule has 0 spiro atoms. The van der Waals surface area contributed by atoms with Crippen LogP contribution in [-0.2, 0) is 15.9 Å². The predicted molar refractivity (Wildman–Crippen MR) is 196 cm³/mol. The topological polar surface area (TPSA) is 40.2 Å². The van der Waals surface area contributed by atoms with E-state index in [0.717, 1.165) is 63.2 Å². The molecule has 1 aliphatic heterocycles. The van der Waals surface area contributed by atoms with Crippen molar-refractivity contribution in [3.05, 3.63) is 59.2 Å². The molecule has 3 fully saturated rings. The Morgan fingerprint density at radius 1 is 0.854 bits per heavy atom. The Bertz CT molecular complexity index is 1290. The van der Waals surface area contributed by atoms with Gasteiger partial charge in [0.05, 0.1) is 19.8 Å². The van der Waals surface area contributed by atoms with Gasteiger partial charge in [-0.1, -0.05) is 64.7 Å². The third-order valence-electron chi connectivity index (χ3n) is 13.0. The fourth-order valence-electron chi connectivity index (χ4n) is 10.5. The molecule has 5 nitrogen and oxygen atoms in total. The first-order valence-corrected chi connectivity index (χ1v) is 19.7. The maximum atomic E-state index is 6.90. The van der Waals surface area contributed by atoms with Gasteiger partial charge >= 0.3 is 0 Å². The van der Waals surface area contributed by atoms with E-state index in [4.69, 9.17) is 18.9 Å². The van der Waals surface area contributed by atoms with Crippen LogP contribution in [0.2, 0.25) is 0 Å². The summed E-state index contributed by atoms with van der Waals surface area (Å²) in [6, 6.07) is 16.1. The largest absolute Gasteiger partial charge is 0.497 e. The summed E-state index contributed by atoms with van der Waals surface area (Å²) in [5.41, 5.74) is 4.82. The van der Waals surface area contributed by atoms with Crippen molar-refractivity contribution in [1.82, 2.24) is 4.90 Å². The highest BCUT2D eigenvalue weighted by Gasteiger charge is 2.63.